The zero-order chi connectivity index (χ0) is 13.2. The van der Waals surface area contributed by atoms with E-state index in [9.17, 15) is 4.79 Å². The summed E-state index contributed by atoms with van der Waals surface area (Å²) < 4.78 is 5.07. The van der Waals surface area contributed by atoms with Gasteiger partial charge in [-0.2, -0.15) is 0 Å². The summed E-state index contributed by atoms with van der Waals surface area (Å²) >= 11 is 0. The molecule has 92 valence electrons. The summed E-state index contributed by atoms with van der Waals surface area (Å²) in [6.45, 7) is 1.47. The number of ketones is 1. The van der Waals surface area contributed by atoms with Crippen molar-refractivity contribution in [3.05, 3.63) is 29.8 Å². The molecule has 0 heterocycles. The maximum Gasteiger partial charge on any atom is 0.202 e. The van der Waals surface area contributed by atoms with Crippen molar-refractivity contribution in [2.24, 2.45) is 0 Å². The van der Waals surface area contributed by atoms with E-state index in [1.807, 2.05) is 24.3 Å². The van der Waals surface area contributed by atoms with Crippen LogP contribution in [0.2, 0.25) is 0 Å². The first-order valence-corrected chi connectivity index (χ1v) is 5.84. The Hall–Kier alpha value is -2.19. The van der Waals surface area contributed by atoms with Crippen molar-refractivity contribution in [1.82, 2.24) is 0 Å². The Morgan fingerprint density at radius 3 is 2.44 bits per heavy atom. The molecule has 2 nitrogen and oxygen atoms in total. The van der Waals surface area contributed by atoms with Gasteiger partial charge in [0.15, 0.2) is 0 Å². The average molecular weight is 240 g/mol. The molecule has 1 rings (SSSR count). The molecule has 2 heteroatoms. The molecule has 1 aromatic carbocycles. The third-order valence-corrected chi connectivity index (χ3v) is 2.19. The number of unbranched alkanes of at least 4 members (excludes halogenated alkanes) is 2. The second-order valence-corrected chi connectivity index (χ2v) is 3.74. The van der Waals surface area contributed by atoms with Crippen molar-refractivity contribution >= 4 is 5.78 Å². The smallest absolute Gasteiger partial charge is 0.202 e. The van der Waals surface area contributed by atoms with Gasteiger partial charge in [-0.3, -0.25) is 4.79 Å². The Balaban J connectivity index is 2.33. The molecule has 0 unspecified atom stereocenters. The fourth-order valence-electron chi connectivity index (χ4n) is 1.29. The number of carbonyl (C=O) groups is 1. The summed E-state index contributed by atoms with van der Waals surface area (Å²) in [5, 5.41) is 0. The number of carbonyl (C=O) groups excluding carboxylic acids is 1. The van der Waals surface area contributed by atoms with Gasteiger partial charge >= 0.3 is 0 Å². The topological polar surface area (TPSA) is 26.3 Å². The summed E-state index contributed by atoms with van der Waals surface area (Å²) in [7, 11) is 1.64. The molecule has 0 aliphatic heterocycles. The largest absolute Gasteiger partial charge is 0.497 e. The number of methoxy groups -OCH3 is 1. The Bertz CT molecular complexity index is 504. The van der Waals surface area contributed by atoms with Gasteiger partial charge < -0.3 is 4.74 Å². The standard InChI is InChI=1S/C16H16O2/c1-14(17)8-6-4-3-5-7-9-15-10-12-16(18-2)13-11-15/h10-13H,3-5H2,1-2H3. The lowest BCUT2D eigenvalue weighted by molar-refractivity contribution is -0.111. The molecule has 0 saturated carbocycles. The SMILES string of the molecule is COc1ccc(C#CCCCC#CC(C)=O)cc1. The molecular formula is C16H16O2. The van der Waals surface area contributed by atoms with E-state index in [2.05, 4.69) is 23.7 Å². The summed E-state index contributed by atoms with van der Waals surface area (Å²) in [5.41, 5.74) is 0.977. The quantitative estimate of drug-likeness (QED) is 0.461. The van der Waals surface area contributed by atoms with Crippen molar-refractivity contribution in [2.75, 3.05) is 7.11 Å². The first-order valence-electron chi connectivity index (χ1n) is 5.84. The number of benzene rings is 1. The van der Waals surface area contributed by atoms with Crippen LogP contribution in [0.15, 0.2) is 24.3 Å². The predicted octanol–water partition coefficient (Wildman–Crippen LogP) is 2.81. The number of Topliss-reactive ketones (excluding diaryl/α,β-unsaturated/α-hetero) is 1. The highest BCUT2D eigenvalue weighted by molar-refractivity contribution is 5.93. The number of hydrogen-bond donors (Lipinski definition) is 0. The zero-order valence-electron chi connectivity index (χ0n) is 10.7. The van der Waals surface area contributed by atoms with Crippen LogP contribution in [0.3, 0.4) is 0 Å². The molecule has 0 saturated heterocycles. The minimum absolute atomic E-state index is 0.0840. The van der Waals surface area contributed by atoms with Gasteiger partial charge in [0, 0.05) is 25.3 Å². The van der Waals surface area contributed by atoms with E-state index in [0.29, 0.717) is 0 Å². The fraction of sp³-hybridized carbons (Fsp3) is 0.312. The Morgan fingerprint density at radius 2 is 1.83 bits per heavy atom. The summed E-state index contributed by atoms with van der Waals surface area (Å²) in [4.78, 5) is 10.6. The van der Waals surface area contributed by atoms with Crippen molar-refractivity contribution in [1.29, 1.82) is 0 Å². The molecule has 0 aliphatic rings. The molecule has 0 N–H and O–H groups in total. The summed E-state index contributed by atoms with van der Waals surface area (Å²) in [5.74, 6) is 12.2. The van der Waals surface area contributed by atoms with Gasteiger partial charge in [0.2, 0.25) is 5.78 Å². The Morgan fingerprint density at radius 1 is 1.17 bits per heavy atom. The molecule has 1 aromatic rings. The minimum atomic E-state index is -0.0840. The van der Waals surface area contributed by atoms with Crippen LogP contribution in [-0.2, 0) is 4.79 Å². The van der Waals surface area contributed by atoms with Crippen molar-refractivity contribution in [3.8, 4) is 29.4 Å². The van der Waals surface area contributed by atoms with E-state index in [4.69, 9.17) is 4.74 Å². The highest BCUT2D eigenvalue weighted by Crippen LogP contribution is 2.10. The van der Waals surface area contributed by atoms with Gasteiger partial charge in [0.25, 0.3) is 0 Å². The van der Waals surface area contributed by atoms with E-state index in [-0.39, 0.29) is 5.78 Å². The van der Waals surface area contributed by atoms with Gasteiger partial charge in [-0.15, -0.1) is 0 Å². The van der Waals surface area contributed by atoms with E-state index < -0.39 is 0 Å². The third kappa shape index (κ3) is 5.77. The van der Waals surface area contributed by atoms with E-state index in [1.54, 1.807) is 7.11 Å². The minimum Gasteiger partial charge on any atom is -0.497 e. The lowest BCUT2D eigenvalue weighted by Gasteiger charge is -1.97. The van der Waals surface area contributed by atoms with Gasteiger partial charge in [-0.25, -0.2) is 0 Å². The van der Waals surface area contributed by atoms with Gasteiger partial charge in [0.1, 0.15) is 5.75 Å². The molecule has 0 aromatic heterocycles. The number of rotatable bonds is 3. The first kappa shape index (κ1) is 13.9. The summed E-state index contributed by atoms with van der Waals surface area (Å²) in [6.07, 6.45) is 2.40. The summed E-state index contributed by atoms with van der Waals surface area (Å²) in [6, 6.07) is 7.65. The van der Waals surface area contributed by atoms with Gasteiger partial charge in [-0.1, -0.05) is 17.8 Å². The normalized spacial score (nSPS) is 8.56. The van der Waals surface area contributed by atoms with Crippen LogP contribution < -0.4 is 4.74 Å². The second-order valence-electron chi connectivity index (χ2n) is 3.74. The Kier molecular flexibility index (Phi) is 6.15. The molecule has 0 radical (unpaired) electrons. The average Bonchev–Trinajstić information content (AvgIpc) is 2.38. The monoisotopic (exact) mass is 240 g/mol. The lowest BCUT2D eigenvalue weighted by atomic mass is 10.2. The van der Waals surface area contributed by atoms with Crippen LogP contribution in [0.4, 0.5) is 0 Å². The maximum atomic E-state index is 10.6. The maximum absolute atomic E-state index is 10.6. The highest BCUT2D eigenvalue weighted by Gasteiger charge is 1.89. The van der Waals surface area contributed by atoms with Crippen LogP contribution in [-0.4, -0.2) is 12.9 Å². The fourth-order valence-corrected chi connectivity index (χ4v) is 1.29. The molecule has 0 atom stereocenters. The van der Waals surface area contributed by atoms with Crippen LogP contribution in [0.1, 0.15) is 31.7 Å². The molecule has 0 bridgehead atoms. The number of ether oxygens (including phenoxy) is 1. The third-order valence-electron chi connectivity index (χ3n) is 2.19. The first-order chi connectivity index (χ1) is 8.72. The molecule has 0 fully saturated rings. The van der Waals surface area contributed by atoms with Crippen LogP contribution in [0.5, 0.6) is 5.75 Å². The number of hydrogen-bond acceptors (Lipinski definition) is 2. The van der Waals surface area contributed by atoms with E-state index >= 15 is 0 Å². The van der Waals surface area contributed by atoms with Crippen molar-refractivity contribution < 1.29 is 9.53 Å². The van der Waals surface area contributed by atoms with E-state index in [1.165, 1.54) is 6.92 Å². The van der Waals surface area contributed by atoms with E-state index in [0.717, 1.165) is 30.6 Å². The lowest BCUT2D eigenvalue weighted by Crippen LogP contribution is -1.82. The molecule has 18 heavy (non-hydrogen) atoms. The van der Waals surface area contributed by atoms with Crippen molar-refractivity contribution in [2.45, 2.75) is 26.2 Å². The van der Waals surface area contributed by atoms with Crippen LogP contribution >= 0.6 is 0 Å². The molecular weight excluding hydrogens is 224 g/mol. The van der Waals surface area contributed by atoms with Crippen molar-refractivity contribution in [3.63, 3.8) is 0 Å². The molecule has 0 spiro atoms. The highest BCUT2D eigenvalue weighted by atomic mass is 16.5. The van der Waals surface area contributed by atoms with Crippen LogP contribution in [0.25, 0.3) is 0 Å². The zero-order valence-corrected chi connectivity index (χ0v) is 10.7. The van der Waals surface area contributed by atoms with Gasteiger partial charge in [-0.05, 0) is 36.6 Å². The van der Waals surface area contributed by atoms with Gasteiger partial charge in [0.05, 0.1) is 7.11 Å². The Labute approximate surface area is 108 Å². The van der Waals surface area contributed by atoms with Crippen LogP contribution in [0, 0.1) is 23.7 Å². The predicted molar refractivity (Wildman–Crippen MR) is 72.2 cm³/mol. The molecule has 0 amide bonds. The second kappa shape index (κ2) is 7.98. The molecule has 0 aliphatic carbocycles.